The second-order valence-electron chi connectivity index (χ2n) is 4.36. The summed E-state index contributed by atoms with van der Waals surface area (Å²) in [7, 11) is 1.49. The van der Waals surface area contributed by atoms with Gasteiger partial charge in [-0.2, -0.15) is 13.2 Å². The zero-order valence-corrected chi connectivity index (χ0v) is 10.4. The molecule has 2 nitrogen and oxygen atoms in total. The number of likely N-dealkylation sites (N-methyl/N-ethyl adjacent to an activating group) is 1. The molecule has 102 valence electrons. The molecule has 0 spiro atoms. The fraction of sp³-hybridized carbons (Fsp3) is 0.286. The summed E-state index contributed by atoms with van der Waals surface area (Å²) >= 11 is 0. The summed E-state index contributed by atoms with van der Waals surface area (Å²) in [5, 5.41) is 3.56. The molecule has 5 heteroatoms. The van der Waals surface area contributed by atoms with Crippen molar-refractivity contribution in [2.75, 3.05) is 7.05 Å². The number of rotatable bonds is 4. The van der Waals surface area contributed by atoms with Gasteiger partial charge in [-0.05, 0) is 30.3 Å². The summed E-state index contributed by atoms with van der Waals surface area (Å²) in [5.74, 6) is 0. The van der Waals surface area contributed by atoms with Gasteiger partial charge in [0.25, 0.3) is 0 Å². The molecule has 2 rings (SSSR count). The first kappa shape index (κ1) is 13.7. The second kappa shape index (κ2) is 5.09. The van der Waals surface area contributed by atoms with Crippen LogP contribution in [-0.2, 0) is 0 Å². The van der Waals surface area contributed by atoms with E-state index in [1.807, 2.05) is 0 Å². The van der Waals surface area contributed by atoms with Crippen LogP contribution in [0.25, 0.3) is 16.5 Å². The summed E-state index contributed by atoms with van der Waals surface area (Å²) in [5.41, 5.74) is 1.68. The number of nitrogens with one attached hydrogen (secondary N) is 1. The molecule has 1 N–H and O–H groups in total. The Morgan fingerprint density at radius 3 is 2.74 bits per heavy atom. The predicted octanol–water partition coefficient (Wildman–Crippen LogP) is 3.99. The van der Waals surface area contributed by atoms with Crippen LogP contribution >= 0.6 is 0 Å². The molecule has 0 radical (unpaired) electrons. The van der Waals surface area contributed by atoms with Crippen molar-refractivity contribution in [2.45, 2.75) is 18.6 Å². The smallest absolute Gasteiger partial charge is 0.390 e. The first-order valence-electron chi connectivity index (χ1n) is 5.81. The van der Waals surface area contributed by atoms with Gasteiger partial charge in [0.1, 0.15) is 5.58 Å². The van der Waals surface area contributed by atoms with Crippen LogP contribution in [0.2, 0.25) is 0 Å². The molecule has 0 bridgehead atoms. The summed E-state index contributed by atoms with van der Waals surface area (Å²) < 4.78 is 42.7. The minimum atomic E-state index is -4.23. The number of furan rings is 1. The Morgan fingerprint density at radius 1 is 1.37 bits per heavy atom. The van der Waals surface area contributed by atoms with E-state index < -0.39 is 18.6 Å². The monoisotopic (exact) mass is 269 g/mol. The van der Waals surface area contributed by atoms with Crippen molar-refractivity contribution in [3.63, 3.8) is 0 Å². The van der Waals surface area contributed by atoms with E-state index in [0.29, 0.717) is 16.7 Å². The van der Waals surface area contributed by atoms with Gasteiger partial charge < -0.3 is 9.73 Å². The third-order valence-electron chi connectivity index (χ3n) is 3.03. The van der Waals surface area contributed by atoms with Crippen LogP contribution in [0.4, 0.5) is 13.2 Å². The number of halogens is 3. The summed E-state index contributed by atoms with van der Waals surface area (Å²) in [6.07, 6.45) is -3.63. The fourth-order valence-electron chi connectivity index (χ4n) is 1.99. The van der Waals surface area contributed by atoms with Crippen molar-refractivity contribution < 1.29 is 17.6 Å². The molecule has 1 aromatic carbocycles. The molecule has 0 saturated heterocycles. The van der Waals surface area contributed by atoms with Gasteiger partial charge in [-0.1, -0.05) is 18.7 Å². The number of benzene rings is 1. The van der Waals surface area contributed by atoms with Crippen molar-refractivity contribution in [3.05, 3.63) is 42.7 Å². The Labute approximate surface area is 108 Å². The number of hydrogen-bond donors (Lipinski definition) is 1. The highest BCUT2D eigenvalue weighted by atomic mass is 19.4. The Morgan fingerprint density at radius 2 is 2.11 bits per heavy atom. The predicted molar refractivity (Wildman–Crippen MR) is 68.8 cm³/mol. The third-order valence-corrected chi connectivity index (χ3v) is 3.03. The van der Waals surface area contributed by atoms with E-state index in [2.05, 4.69) is 11.9 Å². The quantitative estimate of drug-likeness (QED) is 0.908. The van der Waals surface area contributed by atoms with Crippen LogP contribution in [0.3, 0.4) is 0 Å². The molecule has 0 aliphatic carbocycles. The zero-order chi connectivity index (χ0) is 14.0. The lowest BCUT2D eigenvalue weighted by Gasteiger charge is -2.20. The van der Waals surface area contributed by atoms with Gasteiger partial charge in [-0.3, -0.25) is 0 Å². The van der Waals surface area contributed by atoms with E-state index in [9.17, 15) is 13.2 Å². The first-order chi connectivity index (χ1) is 8.90. The molecule has 0 aliphatic heterocycles. The zero-order valence-electron chi connectivity index (χ0n) is 10.4. The molecule has 0 fully saturated rings. The minimum Gasteiger partial charge on any atom is -0.464 e. The van der Waals surface area contributed by atoms with E-state index in [4.69, 9.17) is 4.42 Å². The van der Waals surface area contributed by atoms with Gasteiger partial charge in [0.15, 0.2) is 0 Å². The molecule has 0 amide bonds. The molecule has 19 heavy (non-hydrogen) atoms. The molecule has 1 heterocycles. The fourth-order valence-corrected chi connectivity index (χ4v) is 1.99. The Hall–Kier alpha value is -1.75. The van der Waals surface area contributed by atoms with E-state index in [-0.39, 0.29) is 0 Å². The van der Waals surface area contributed by atoms with Gasteiger partial charge in [0.05, 0.1) is 12.7 Å². The summed E-state index contributed by atoms with van der Waals surface area (Å²) in [6.45, 7) is 3.77. The first-order valence-corrected chi connectivity index (χ1v) is 5.81. The molecular formula is C14H14F3NO. The topological polar surface area (TPSA) is 25.2 Å². The van der Waals surface area contributed by atoms with Crippen molar-refractivity contribution in [3.8, 4) is 0 Å². The van der Waals surface area contributed by atoms with E-state index >= 15 is 0 Å². The summed E-state index contributed by atoms with van der Waals surface area (Å²) in [6, 6.07) is 6.22. The second-order valence-corrected chi connectivity index (χ2v) is 4.36. The van der Waals surface area contributed by atoms with Crippen LogP contribution in [0.15, 0.2) is 41.5 Å². The normalized spacial score (nSPS) is 13.7. The third kappa shape index (κ3) is 3.17. The van der Waals surface area contributed by atoms with Gasteiger partial charge >= 0.3 is 6.18 Å². The molecule has 1 aromatic heterocycles. The molecule has 2 aromatic rings. The molecule has 1 atom stereocenters. The van der Waals surface area contributed by atoms with Crippen LogP contribution in [0.5, 0.6) is 0 Å². The Kier molecular flexibility index (Phi) is 3.66. The van der Waals surface area contributed by atoms with E-state index in [0.717, 1.165) is 5.39 Å². The van der Waals surface area contributed by atoms with E-state index in [1.54, 1.807) is 30.5 Å². The van der Waals surface area contributed by atoms with Gasteiger partial charge in [-0.25, -0.2) is 0 Å². The Bertz CT molecular complexity index is 586. The standard InChI is InChI=1S/C14H14F3NO/c1-9(12(18-2)8-14(15,16)17)11-4-3-10-5-6-19-13(10)7-11/h3-7,12,18H,1,8H2,2H3. The van der Waals surface area contributed by atoms with Crippen LogP contribution in [-0.4, -0.2) is 19.3 Å². The molecule has 1 unspecified atom stereocenters. The number of hydrogen-bond acceptors (Lipinski definition) is 2. The minimum absolute atomic E-state index is 0.401. The van der Waals surface area contributed by atoms with E-state index in [1.165, 1.54) is 7.05 Å². The maximum absolute atomic E-state index is 12.5. The highest BCUT2D eigenvalue weighted by molar-refractivity contribution is 5.82. The van der Waals surface area contributed by atoms with Crippen molar-refractivity contribution in [1.82, 2.24) is 5.32 Å². The summed E-state index contributed by atoms with van der Waals surface area (Å²) in [4.78, 5) is 0. The molecule has 0 saturated carbocycles. The van der Waals surface area contributed by atoms with Gasteiger partial charge in [0.2, 0.25) is 0 Å². The average molecular weight is 269 g/mol. The highest BCUT2D eigenvalue weighted by Gasteiger charge is 2.32. The highest BCUT2D eigenvalue weighted by Crippen LogP contribution is 2.29. The lowest BCUT2D eigenvalue weighted by Crippen LogP contribution is -2.31. The maximum atomic E-state index is 12.5. The van der Waals surface area contributed by atoms with Crippen molar-refractivity contribution in [2.24, 2.45) is 0 Å². The van der Waals surface area contributed by atoms with Gasteiger partial charge in [0, 0.05) is 11.4 Å². The van der Waals surface area contributed by atoms with Crippen LogP contribution < -0.4 is 5.32 Å². The molecule has 0 aliphatic rings. The Balaban J connectivity index is 2.25. The van der Waals surface area contributed by atoms with Crippen molar-refractivity contribution in [1.29, 1.82) is 0 Å². The van der Waals surface area contributed by atoms with Crippen LogP contribution in [0, 0.1) is 0 Å². The lowest BCUT2D eigenvalue weighted by molar-refractivity contribution is -0.136. The lowest BCUT2D eigenvalue weighted by atomic mass is 9.97. The number of fused-ring (bicyclic) bond motifs is 1. The SMILES string of the molecule is C=C(c1ccc2ccoc2c1)C(CC(F)(F)F)NC. The van der Waals surface area contributed by atoms with Gasteiger partial charge in [-0.15, -0.1) is 0 Å². The number of alkyl halides is 3. The average Bonchev–Trinajstić information content (AvgIpc) is 2.81. The maximum Gasteiger partial charge on any atom is 0.390 e. The van der Waals surface area contributed by atoms with Crippen LogP contribution in [0.1, 0.15) is 12.0 Å². The largest absolute Gasteiger partial charge is 0.464 e. The molecular weight excluding hydrogens is 255 g/mol. The van der Waals surface area contributed by atoms with Crippen molar-refractivity contribution >= 4 is 16.5 Å².